The van der Waals surface area contributed by atoms with Gasteiger partial charge in [0.1, 0.15) is 32.9 Å². The highest BCUT2D eigenvalue weighted by atomic mass is 32.2. The second-order valence-corrected chi connectivity index (χ2v) is 14.1. The molecule has 0 radical (unpaired) electrons. The van der Waals surface area contributed by atoms with Crippen molar-refractivity contribution in [2.24, 2.45) is 23.7 Å². The minimum Gasteiger partial charge on any atom is -0.497 e. The maximum absolute atomic E-state index is 13.6. The van der Waals surface area contributed by atoms with E-state index in [4.69, 9.17) is 30.8 Å². The molecule has 2 heterocycles. The van der Waals surface area contributed by atoms with E-state index < -0.39 is 11.6 Å². The number of methoxy groups -OCH3 is 1. The third-order valence-electron chi connectivity index (χ3n) is 8.38. The van der Waals surface area contributed by atoms with Crippen LogP contribution in [0, 0.1) is 23.7 Å². The fourth-order valence-corrected chi connectivity index (χ4v) is 8.52. The van der Waals surface area contributed by atoms with E-state index in [9.17, 15) is 9.59 Å². The minimum absolute atomic E-state index is 0.00429. The molecule has 0 spiro atoms. The van der Waals surface area contributed by atoms with Crippen molar-refractivity contribution in [1.29, 1.82) is 0 Å². The number of hydrogen-bond donors (Lipinski definition) is 0. The summed E-state index contributed by atoms with van der Waals surface area (Å²) in [5.41, 5.74) is 0.133. The molecule has 5 fully saturated rings. The van der Waals surface area contributed by atoms with Crippen molar-refractivity contribution in [3.05, 3.63) is 41.0 Å². The third-order valence-corrected chi connectivity index (χ3v) is 9.71. The van der Waals surface area contributed by atoms with Crippen molar-refractivity contribution in [1.82, 2.24) is 4.90 Å². The van der Waals surface area contributed by atoms with Crippen molar-refractivity contribution < 1.29 is 28.2 Å². The summed E-state index contributed by atoms with van der Waals surface area (Å²) in [7, 11) is 1.57. The molecule has 1 amide bonds. The van der Waals surface area contributed by atoms with Crippen molar-refractivity contribution in [3.8, 4) is 22.8 Å². The van der Waals surface area contributed by atoms with Crippen LogP contribution < -0.4 is 9.47 Å². The second kappa shape index (κ2) is 10.6. The van der Waals surface area contributed by atoms with Crippen LogP contribution >= 0.6 is 24.0 Å². The zero-order valence-corrected chi connectivity index (χ0v) is 24.9. The number of esters is 1. The number of carbonyl (C=O) groups excluding carboxylic acids is 2. The van der Waals surface area contributed by atoms with Gasteiger partial charge in [0, 0.05) is 23.7 Å². The number of thioether (sulfide) groups is 1. The molecule has 4 aliphatic carbocycles. The normalized spacial score (nSPS) is 28.4. The van der Waals surface area contributed by atoms with E-state index in [-0.39, 0.29) is 18.6 Å². The molecule has 40 heavy (non-hydrogen) atoms. The standard InChI is InChI=1S/C31H35NO6S2/c1-31(2,3)38-27(33)16-36-24-13-19(12-23(14-24)35-4)25-6-5-22(37-25)15-26-29(34)32(30(39)40-26)28-20-8-17-7-18(10-20)11-21(28)9-17/h5-6,12-15,17-18,20-21,28H,7-11,16H2,1-4H3. The summed E-state index contributed by atoms with van der Waals surface area (Å²) in [4.78, 5) is 28.2. The first kappa shape index (κ1) is 27.4. The predicted molar refractivity (Wildman–Crippen MR) is 158 cm³/mol. The predicted octanol–water partition coefficient (Wildman–Crippen LogP) is 6.70. The molecule has 1 saturated heterocycles. The lowest BCUT2D eigenvalue weighted by molar-refractivity contribution is -0.157. The topological polar surface area (TPSA) is 78.2 Å². The Morgan fingerprint density at radius 2 is 1.75 bits per heavy atom. The lowest BCUT2D eigenvalue weighted by Gasteiger charge is -2.56. The smallest absolute Gasteiger partial charge is 0.344 e. The first-order valence-electron chi connectivity index (χ1n) is 14.0. The van der Waals surface area contributed by atoms with Gasteiger partial charge in [0.25, 0.3) is 5.91 Å². The van der Waals surface area contributed by atoms with E-state index >= 15 is 0 Å². The van der Waals surface area contributed by atoms with Gasteiger partial charge < -0.3 is 18.6 Å². The Morgan fingerprint density at radius 1 is 1.07 bits per heavy atom. The first-order chi connectivity index (χ1) is 19.1. The fraction of sp³-hybridized carbons (Fsp3) is 0.516. The summed E-state index contributed by atoms with van der Waals surface area (Å²) in [5.74, 6) is 4.56. The maximum atomic E-state index is 13.6. The van der Waals surface area contributed by atoms with Gasteiger partial charge >= 0.3 is 5.97 Å². The summed E-state index contributed by atoms with van der Waals surface area (Å²) in [5, 5.41) is 0. The van der Waals surface area contributed by atoms with Crippen LogP contribution in [0.3, 0.4) is 0 Å². The molecule has 4 saturated carbocycles. The molecule has 212 valence electrons. The van der Waals surface area contributed by atoms with Crippen LogP contribution in [-0.2, 0) is 14.3 Å². The van der Waals surface area contributed by atoms with Gasteiger partial charge in [-0.15, -0.1) is 0 Å². The molecule has 0 N–H and O–H groups in total. The Hall–Kier alpha value is -2.78. The van der Waals surface area contributed by atoms with Crippen LogP contribution in [0.25, 0.3) is 17.4 Å². The molecule has 7 nitrogen and oxygen atoms in total. The molecule has 5 aliphatic rings. The number of carbonyl (C=O) groups is 2. The summed E-state index contributed by atoms with van der Waals surface area (Å²) in [6, 6.07) is 9.24. The number of thiocarbonyl (C=S) groups is 1. The Kier molecular flexibility index (Phi) is 7.23. The van der Waals surface area contributed by atoms with Gasteiger partial charge in [-0.05, 0) is 101 Å². The summed E-state index contributed by atoms with van der Waals surface area (Å²) in [6.07, 6.45) is 8.11. The number of rotatable bonds is 7. The number of hydrogen-bond acceptors (Lipinski definition) is 8. The van der Waals surface area contributed by atoms with Crippen molar-refractivity contribution in [3.63, 3.8) is 0 Å². The Labute approximate surface area is 244 Å². The number of amides is 1. The highest BCUT2D eigenvalue weighted by Crippen LogP contribution is 2.56. The zero-order valence-electron chi connectivity index (χ0n) is 23.3. The Balaban J connectivity index is 1.17. The minimum atomic E-state index is -0.589. The number of nitrogens with zero attached hydrogens (tertiary/aromatic N) is 1. The van der Waals surface area contributed by atoms with Crippen LogP contribution in [-0.4, -0.2) is 46.5 Å². The molecule has 1 aromatic carbocycles. The van der Waals surface area contributed by atoms with Crippen LogP contribution in [0.4, 0.5) is 0 Å². The van der Waals surface area contributed by atoms with Crippen LogP contribution in [0.1, 0.15) is 58.6 Å². The van der Waals surface area contributed by atoms with Crippen LogP contribution in [0.15, 0.2) is 39.7 Å². The average molecular weight is 582 g/mol. The molecular formula is C31H35NO6S2. The lowest BCUT2D eigenvalue weighted by atomic mass is 9.54. The van der Waals surface area contributed by atoms with Gasteiger partial charge in [-0.3, -0.25) is 9.69 Å². The fourth-order valence-electron chi connectivity index (χ4n) is 7.20. The van der Waals surface area contributed by atoms with Crippen LogP contribution in [0.2, 0.25) is 0 Å². The highest BCUT2D eigenvalue weighted by Gasteiger charge is 2.53. The van der Waals surface area contributed by atoms with Crippen molar-refractivity contribution in [2.45, 2.75) is 64.5 Å². The van der Waals surface area contributed by atoms with E-state index in [0.29, 0.717) is 44.1 Å². The number of furan rings is 1. The Morgan fingerprint density at radius 3 is 2.40 bits per heavy atom. The SMILES string of the molecule is COc1cc(OCC(=O)OC(C)(C)C)cc(-c2ccc(C=C3SC(=S)N(C4C5CC6CC(C5)CC4C6)C3=O)o2)c1. The van der Waals surface area contributed by atoms with E-state index in [1.54, 1.807) is 25.3 Å². The van der Waals surface area contributed by atoms with Crippen molar-refractivity contribution >= 4 is 46.3 Å². The number of benzene rings is 1. The molecule has 7 rings (SSSR count). The molecule has 9 heteroatoms. The molecule has 2 aromatic rings. The van der Waals surface area contributed by atoms with E-state index in [1.807, 2.05) is 43.9 Å². The zero-order chi connectivity index (χ0) is 28.2. The molecule has 0 unspecified atom stereocenters. The van der Waals surface area contributed by atoms with Gasteiger partial charge in [0.05, 0.1) is 12.0 Å². The molecular weight excluding hydrogens is 546 g/mol. The first-order valence-corrected chi connectivity index (χ1v) is 15.2. The summed E-state index contributed by atoms with van der Waals surface area (Å²) < 4.78 is 23.3. The lowest BCUT2D eigenvalue weighted by Crippen LogP contribution is -2.57. The number of ether oxygens (including phenoxy) is 3. The van der Waals surface area contributed by atoms with E-state index in [2.05, 4.69) is 0 Å². The Bertz CT molecular complexity index is 1340. The van der Waals surface area contributed by atoms with Gasteiger partial charge in [0.15, 0.2) is 6.61 Å². The molecule has 1 aliphatic heterocycles. The summed E-state index contributed by atoms with van der Waals surface area (Å²) >= 11 is 7.11. The third kappa shape index (κ3) is 5.55. The largest absolute Gasteiger partial charge is 0.497 e. The second-order valence-electron chi connectivity index (χ2n) is 12.4. The van der Waals surface area contributed by atoms with Crippen molar-refractivity contribution in [2.75, 3.05) is 13.7 Å². The van der Waals surface area contributed by atoms with Gasteiger partial charge in [-0.2, -0.15) is 0 Å². The molecule has 4 bridgehead atoms. The van der Waals surface area contributed by atoms with Gasteiger partial charge in [-0.1, -0.05) is 24.0 Å². The highest BCUT2D eigenvalue weighted by molar-refractivity contribution is 8.26. The molecule has 0 atom stereocenters. The molecule has 1 aromatic heterocycles. The quantitative estimate of drug-likeness (QED) is 0.203. The van der Waals surface area contributed by atoms with E-state index in [1.165, 1.54) is 43.9 Å². The van der Waals surface area contributed by atoms with Gasteiger partial charge in [-0.25, -0.2) is 4.79 Å². The maximum Gasteiger partial charge on any atom is 0.344 e. The van der Waals surface area contributed by atoms with Crippen LogP contribution in [0.5, 0.6) is 11.5 Å². The average Bonchev–Trinajstić information content (AvgIpc) is 3.46. The monoisotopic (exact) mass is 581 g/mol. The van der Waals surface area contributed by atoms with Gasteiger partial charge in [0.2, 0.25) is 0 Å². The van der Waals surface area contributed by atoms with E-state index in [0.717, 1.165) is 17.4 Å². The summed E-state index contributed by atoms with van der Waals surface area (Å²) in [6.45, 7) is 5.21.